The molecule has 0 saturated carbocycles. The predicted molar refractivity (Wildman–Crippen MR) is 65.5 cm³/mol. The van der Waals surface area contributed by atoms with Crippen molar-refractivity contribution >= 4 is 22.9 Å². The molecule has 0 bridgehead atoms. The van der Waals surface area contributed by atoms with E-state index < -0.39 is 11.2 Å². The molecule has 0 spiro atoms. The summed E-state index contributed by atoms with van der Waals surface area (Å²) in [6.07, 6.45) is 6.07. The van der Waals surface area contributed by atoms with E-state index in [9.17, 15) is 15.2 Å². The number of aliphatic hydroxyl groups is 1. The van der Waals surface area contributed by atoms with Crippen LogP contribution < -0.4 is 0 Å². The summed E-state index contributed by atoms with van der Waals surface area (Å²) >= 11 is 0. The minimum absolute atomic E-state index is 0. The maximum Gasteiger partial charge on any atom is 0.433 e. The van der Waals surface area contributed by atoms with E-state index in [2.05, 4.69) is 0 Å². The van der Waals surface area contributed by atoms with E-state index in [1.165, 1.54) is 12.1 Å². The summed E-state index contributed by atoms with van der Waals surface area (Å²) in [5.74, 6) is 0.145. The lowest BCUT2D eigenvalue weighted by Crippen LogP contribution is -2.29. The number of halogens is 1. The first-order valence-electron chi connectivity index (χ1n) is 4.69. The van der Waals surface area contributed by atoms with Crippen LogP contribution in [0.2, 0.25) is 0 Å². The number of nitrogens with zero attached hydrogens (tertiary/aromatic N) is 2. The molecule has 1 unspecified atom stereocenters. The summed E-state index contributed by atoms with van der Waals surface area (Å²) < 4.78 is 4.99. The molecular weight excluding hydrogens is 292 g/mol. The minimum atomic E-state index is -0.728. The summed E-state index contributed by atoms with van der Waals surface area (Å²) in [4.78, 5) is 11.4. The normalized spacial score (nSPS) is 17.9. The first-order chi connectivity index (χ1) is 7.66. The highest BCUT2D eigenvalue weighted by Crippen LogP contribution is 2.19. The average Bonchev–Trinajstić information content (AvgIpc) is 2.70. The molecule has 17 heavy (non-hydrogen) atoms. The number of rotatable bonds is 3. The van der Waals surface area contributed by atoms with E-state index in [0.29, 0.717) is 5.76 Å². The minimum Gasteiger partial charge on any atom is -0.404 e. The Bertz CT molecular complexity index is 455. The SMILES string of the molecule is Br.O=[N+]([O-])c1ccc(CN2C=CC=CC2O)o1. The highest BCUT2D eigenvalue weighted by Gasteiger charge is 2.16. The Morgan fingerprint density at radius 1 is 1.47 bits per heavy atom. The summed E-state index contributed by atoms with van der Waals surface area (Å²) in [6.45, 7) is 0.288. The second kappa shape index (κ2) is 5.65. The van der Waals surface area contributed by atoms with Crippen LogP contribution in [0.5, 0.6) is 0 Å². The zero-order valence-corrected chi connectivity index (χ0v) is 10.4. The van der Waals surface area contributed by atoms with E-state index in [-0.39, 0.29) is 29.4 Å². The molecule has 0 radical (unpaired) electrons. The topological polar surface area (TPSA) is 79.8 Å². The second-order valence-electron chi connectivity index (χ2n) is 3.31. The van der Waals surface area contributed by atoms with E-state index >= 15 is 0 Å². The van der Waals surface area contributed by atoms with Gasteiger partial charge in [-0.05, 0) is 18.2 Å². The fourth-order valence-electron chi connectivity index (χ4n) is 1.40. The van der Waals surface area contributed by atoms with Crippen molar-refractivity contribution in [2.75, 3.05) is 0 Å². The van der Waals surface area contributed by atoms with Gasteiger partial charge in [0.05, 0.1) is 12.6 Å². The number of allylic oxidation sites excluding steroid dienone is 2. The number of aliphatic hydroxyl groups excluding tert-OH is 1. The van der Waals surface area contributed by atoms with Crippen molar-refractivity contribution < 1.29 is 14.4 Å². The van der Waals surface area contributed by atoms with Gasteiger partial charge in [0.15, 0.2) is 0 Å². The van der Waals surface area contributed by atoms with Crippen LogP contribution in [-0.4, -0.2) is 21.2 Å². The van der Waals surface area contributed by atoms with Crippen LogP contribution in [0.15, 0.2) is 41.0 Å². The summed E-state index contributed by atoms with van der Waals surface area (Å²) in [5, 5.41) is 20.0. The fraction of sp³-hybridized carbons (Fsp3) is 0.200. The zero-order valence-electron chi connectivity index (χ0n) is 8.72. The van der Waals surface area contributed by atoms with E-state index in [1.807, 2.05) is 0 Å². The quantitative estimate of drug-likeness (QED) is 0.682. The first kappa shape index (κ1) is 13.5. The lowest BCUT2D eigenvalue weighted by molar-refractivity contribution is -0.402. The van der Waals surface area contributed by atoms with Crippen molar-refractivity contribution in [3.63, 3.8) is 0 Å². The molecule has 1 aromatic rings. The zero-order chi connectivity index (χ0) is 11.5. The van der Waals surface area contributed by atoms with Gasteiger partial charge in [0.25, 0.3) is 0 Å². The predicted octanol–water partition coefficient (Wildman–Crippen LogP) is 1.97. The molecule has 92 valence electrons. The Hall–Kier alpha value is -1.60. The maximum atomic E-state index is 10.4. The van der Waals surface area contributed by atoms with Gasteiger partial charge in [0, 0.05) is 6.20 Å². The molecule has 2 heterocycles. The van der Waals surface area contributed by atoms with Gasteiger partial charge in [-0.25, -0.2) is 0 Å². The van der Waals surface area contributed by atoms with Gasteiger partial charge in [0.1, 0.15) is 16.9 Å². The molecule has 1 aliphatic rings. The van der Waals surface area contributed by atoms with Gasteiger partial charge in [-0.1, -0.05) is 6.08 Å². The molecule has 0 amide bonds. The van der Waals surface area contributed by atoms with Gasteiger partial charge >= 0.3 is 5.88 Å². The van der Waals surface area contributed by atoms with Gasteiger partial charge in [-0.3, -0.25) is 10.1 Å². The van der Waals surface area contributed by atoms with Crippen molar-refractivity contribution in [2.45, 2.75) is 12.8 Å². The third-order valence-electron chi connectivity index (χ3n) is 2.18. The van der Waals surface area contributed by atoms with Gasteiger partial charge in [-0.15, -0.1) is 17.0 Å². The van der Waals surface area contributed by atoms with E-state index in [1.54, 1.807) is 29.3 Å². The Morgan fingerprint density at radius 2 is 2.24 bits per heavy atom. The Morgan fingerprint density at radius 3 is 2.82 bits per heavy atom. The van der Waals surface area contributed by atoms with Crippen LogP contribution in [-0.2, 0) is 6.54 Å². The highest BCUT2D eigenvalue weighted by molar-refractivity contribution is 8.93. The van der Waals surface area contributed by atoms with Crippen LogP contribution in [0.3, 0.4) is 0 Å². The summed E-state index contributed by atoms with van der Waals surface area (Å²) in [6, 6.07) is 2.82. The van der Waals surface area contributed by atoms with Crippen molar-refractivity contribution in [3.8, 4) is 0 Å². The fourth-order valence-corrected chi connectivity index (χ4v) is 1.40. The maximum absolute atomic E-state index is 10.4. The number of hydrogen-bond donors (Lipinski definition) is 1. The standard InChI is InChI=1S/C10H10N2O4.BrH/c13-9-3-1-2-6-11(9)7-8-4-5-10(16-8)12(14)15;/h1-6,9,13H,7H2;1H. The third kappa shape index (κ3) is 3.18. The smallest absolute Gasteiger partial charge is 0.404 e. The van der Waals surface area contributed by atoms with Crippen LogP contribution in [0.25, 0.3) is 0 Å². The Labute approximate surface area is 108 Å². The van der Waals surface area contributed by atoms with Crippen molar-refractivity contribution in [2.24, 2.45) is 0 Å². The lowest BCUT2D eigenvalue weighted by Gasteiger charge is -2.24. The number of furan rings is 1. The molecule has 6 nitrogen and oxygen atoms in total. The molecule has 2 rings (SSSR count). The largest absolute Gasteiger partial charge is 0.433 e. The first-order valence-corrected chi connectivity index (χ1v) is 4.69. The average molecular weight is 303 g/mol. The van der Waals surface area contributed by atoms with Gasteiger partial charge in [0.2, 0.25) is 0 Å². The monoisotopic (exact) mass is 302 g/mol. The van der Waals surface area contributed by atoms with Crippen LogP contribution in [0.1, 0.15) is 5.76 Å². The number of hydrogen-bond acceptors (Lipinski definition) is 5. The lowest BCUT2D eigenvalue weighted by atomic mass is 10.3. The van der Waals surface area contributed by atoms with E-state index in [0.717, 1.165) is 0 Å². The summed E-state index contributed by atoms with van der Waals surface area (Å²) in [5.41, 5.74) is 0. The molecule has 0 aromatic carbocycles. The molecule has 1 atom stereocenters. The molecule has 1 aromatic heterocycles. The molecule has 7 heteroatoms. The number of nitro groups is 1. The van der Waals surface area contributed by atoms with Crippen molar-refractivity contribution in [3.05, 3.63) is 52.4 Å². The Kier molecular flexibility index (Phi) is 4.47. The molecule has 0 saturated heterocycles. The van der Waals surface area contributed by atoms with Crippen LogP contribution in [0, 0.1) is 10.1 Å². The van der Waals surface area contributed by atoms with Gasteiger partial charge in [-0.2, -0.15) is 0 Å². The van der Waals surface area contributed by atoms with Gasteiger partial charge < -0.3 is 14.4 Å². The summed E-state index contributed by atoms with van der Waals surface area (Å²) in [7, 11) is 0. The van der Waals surface area contributed by atoms with Crippen molar-refractivity contribution in [1.29, 1.82) is 0 Å². The molecule has 1 aliphatic heterocycles. The van der Waals surface area contributed by atoms with Crippen molar-refractivity contribution in [1.82, 2.24) is 4.90 Å². The highest BCUT2D eigenvalue weighted by atomic mass is 79.9. The van der Waals surface area contributed by atoms with Crippen LogP contribution in [0.4, 0.5) is 5.88 Å². The molecular formula is C10H11BrN2O4. The Balaban J connectivity index is 0.00000144. The molecule has 0 fully saturated rings. The van der Waals surface area contributed by atoms with Crippen LogP contribution >= 0.6 is 17.0 Å². The van der Waals surface area contributed by atoms with E-state index in [4.69, 9.17) is 4.42 Å². The molecule has 0 aliphatic carbocycles. The molecule has 1 N–H and O–H groups in total. The second-order valence-corrected chi connectivity index (χ2v) is 3.31. The third-order valence-corrected chi connectivity index (χ3v) is 2.18.